The second-order valence-corrected chi connectivity index (χ2v) is 9.05. The highest BCUT2D eigenvalue weighted by molar-refractivity contribution is 7.11. The van der Waals surface area contributed by atoms with Crippen LogP contribution >= 0.6 is 11.3 Å². The van der Waals surface area contributed by atoms with Crippen LogP contribution in [0.3, 0.4) is 0 Å². The second kappa shape index (κ2) is 8.39. The van der Waals surface area contributed by atoms with E-state index in [4.69, 9.17) is 0 Å². The molecule has 1 unspecified atom stereocenters. The number of thiazole rings is 1. The predicted molar refractivity (Wildman–Crippen MR) is 117 cm³/mol. The van der Waals surface area contributed by atoms with E-state index in [-0.39, 0.29) is 5.92 Å². The molecule has 0 spiro atoms. The van der Waals surface area contributed by atoms with Gasteiger partial charge in [0, 0.05) is 17.3 Å². The van der Waals surface area contributed by atoms with Crippen molar-refractivity contribution in [2.24, 2.45) is 0 Å². The summed E-state index contributed by atoms with van der Waals surface area (Å²) in [4.78, 5) is 30.6. The maximum Gasteiger partial charge on any atom is 0.313 e. The van der Waals surface area contributed by atoms with Crippen molar-refractivity contribution in [1.29, 1.82) is 0 Å². The van der Waals surface area contributed by atoms with Gasteiger partial charge in [-0.2, -0.15) is 5.10 Å². The zero-order valence-electron chi connectivity index (χ0n) is 17.4. The molecule has 156 valence electrons. The van der Waals surface area contributed by atoms with Gasteiger partial charge in [-0.1, -0.05) is 17.7 Å². The molecule has 0 saturated heterocycles. The number of nitrogens with zero attached hydrogens (tertiary/aromatic N) is 3. The van der Waals surface area contributed by atoms with Crippen molar-refractivity contribution in [3.05, 3.63) is 57.3 Å². The van der Waals surface area contributed by atoms with Gasteiger partial charge >= 0.3 is 11.8 Å². The minimum absolute atomic E-state index is 0.169. The number of carbonyl (C=O) groups is 2. The number of aryl methyl sites for hydroxylation is 4. The summed E-state index contributed by atoms with van der Waals surface area (Å²) in [6, 6.07) is 6.06. The first-order chi connectivity index (χ1) is 14.4. The van der Waals surface area contributed by atoms with E-state index in [1.807, 2.05) is 32.9 Å². The maximum absolute atomic E-state index is 12.3. The molecule has 7 nitrogen and oxygen atoms in total. The summed E-state index contributed by atoms with van der Waals surface area (Å²) in [5.74, 6) is -1.17. The second-order valence-electron chi connectivity index (χ2n) is 7.76. The highest BCUT2D eigenvalue weighted by Crippen LogP contribution is 2.34. The summed E-state index contributed by atoms with van der Waals surface area (Å²) in [6.45, 7) is 6.47. The highest BCUT2D eigenvalue weighted by Gasteiger charge is 2.25. The van der Waals surface area contributed by atoms with Crippen molar-refractivity contribution >= 4 is 28.8 Å². The normalized spacial score (nSPS) is 15.5. The van der Waals surface area contributed by atoms with E-state index in [1.54, 1.807) is 22.2 Å². The lowest BCUT2D eigenvalue weighted by Crippen LogP contribution is -2.38. The van der Waals surface area contributed by atoms with Gasteiger partial charge in [0.15, 0.2) is 0 Å². The van der Waals surface area contributed by atoms with Crippen LogP contribution < -0.4 is 10.6 Å². The van der Waals surface area contributed by atoms with Crippen LogP contribution in [0.5, 0.6) is 0 Å². The average Bonchev–Trinajstić information content (AvgIpc) is 3.31. The molecule has 1 aliphatic rings. The molecule has 2 heterocycles. The molecule has 3 aromatic rings. The number of hydrogen-bond donors (Lipinski definition) is 2. The Morgan fingerprint density at radius 1 is 1.23 bits per heavy atom. The van der Waals surface area contributed by atoms with Crippen LogP contribution in [-0.2, 0) is 16.0 Å². The van der Waals surface area contributed by atoms with Gasteiger partial charge in [-0.05, 0) is 51.7 Å². The van der Waals surface area contributed by atoms with E-state index < -0.39 is 11.8 Å². The molecule has 1 atom stereocenters. The van der Waals surface area contributed by atoms with E-state index in [0.29, 0.717) is 12.2 Å². The Balaban J connectivity index is 1.35. The molecule has 2 N–H and O–H groups in total. The number of fused-ring (bicyclic) bond motifs is 1. The Bertz CT molecular complexity index is 1100. The first-order valence-corrected chi connectivity index (χ1v) is 10.9. The summed E-state index contributed by atoms with van der Waals surface area (Å²) in [6.07, 6.45) is 6.35. The largest absolute Gasteiger partial charge is 0.347 e. The summed E-state index contributed by atoms with van der Waals surface area (Å²) in [5.41, 5.74) is 4.74. The molecule has 1 aliphatic carbocycles. The standard InChI is InChI=1S/C22H25N5O2S/c1-13-7-8-18(14(2)9-13)27-12-17(11-24-27)26-22(29)21(28)23-10-16-5-4-6-19-20(16)25-15(3)30-19/h7-9,11-12,16H,4-6,10H2,1-3H3,(H,23,28)(H,26,29). The number of hydrogen-bond acceptors (Lipinski definition) is 5. The molecule has 0 aliphatic heterocycles. The van der Waals surface area contributed by atoms with Crippen LogP contribution in [0.2, 0.25) is 0 Å². The van der Waals surface area contributed by atoms with Crippen molar-refractivity contribution in [2.45, 2.75) is 46.0 Å². The lowest BCUT2D eigenvalue weighted by Gasteiger charge is -2.21. The van der Waals surface area contributed by atoms with Crippen LogP contribution in [0.15, 0.2) is 30.6 Å². The molecule has 30 heavy (non-hydrogen) atoms. The summed E-state index contributed by atoms with van der Waals surface area (Å²) >= 11 is 1.73. The molecule has 4 rings (SSSR count). The number of anilines is 1. The monoisotopic (exact) mass is 423 g/mol. The predicted octanol–water partition coefficient (Wildman–Crippen LogP) is 3.43. The van der Waals surface area contributed by atoms with E-state index in [9.17, 15) is 9.59 Å². The van der Waals surface area contributed by atoms with Crippen LogP contribution in [-0.4, -0.2) is 33.1 Å². The van der Waals surface area contributed by atoms with Crippen LogP contribution in [0.1, 0.15) is 45.5 Å². The Morgan fingerprint density at radius 3 is 2.87 bits per heavy atom. The molecule has 0 saturated carbocycles. The molecule has 0 bridgehead atoms. The van der Waals surface area contributed by atoms with E-state index in [1.165, 1.54) is 16.6 Å². The van der Waals surface area contributed by atoms with Gasteiger partial charge in [0.2, 0.25) is 0 Å². The number of aromatic nitrogens is 3. The van der Waals surface area contributed by atoms with Crippen molar-refractivity contribution in [1.82, 2.24) is 20.1 Å². The quantitative estimate of drug-likeness (QED) is 0.629. The smallest absolute Gasteiger partial charge is 0.313 e. The molecule has 0 fully saturated rings. The third-order valence-corrected chi connectivity index (χ3v) is 6.38. The highest BCUT2D eigenvalue weighted by atomic mass is 32.1. The lowest BCUT2D eigenvalue weighted by atomic mass is 9.91. The van der Waals surface area contributed by atoms with Gasteiger partial charge in [-0.15, -0.1) is 11.3 Å². The summed E-state index contributed by atoms with van der Waals surface area (Å²) in [5, 5.41) is 10.7. The Hall–Kier alpha value is -3.00. The molecule has 8 heteroatoms. The molecule has 1 aromatic carbocycles. The topological polar surface area (TPSA) is 88.9 Å². The number of nitrogens with one attached hydrogen (secondary N) is 2. The van der Waals surface area contributed by atoms with Gasteiger partial charge in [0.25, 0.3) is 0 Å². The van der Waals surface area contributed by atoms with Crippen molar-refractivity contribution in [2.75, 3.05) is 11.9 Å². The van der Waals surface area contributed by atoms with Crippen LogP contribution in [0.4, 0.5) is 5.69 Å². The fourth-order valence-electron chi connectivity index (χ4n) is 3.89. The summed E-state index contributed by atoms with van der Waals surface area (Å²) in [7, 11) is 0. The van der Waals surface area contributed by atoms with Gasteiger partial charge in [0.1, 0.15) is 0 Å². The van der Waals surface area contributed by atoms with Gasteiger partial charge in [-0.25, -0.2) is 9.67 Å². The number of benzene rings is 1. The molecule has 2 amide bonds. The third kappa shape index (κ3) is 4.28. The SMILES string of the molecule is Cc1ccc(-n2cc(NC(=O)C(=O)NCC3CCCc4sc(C)nc43)cn2)c(C)c1. The average molecular weight is 424 g/mol. The first-order valence-electron chi connectivity index (χ1n) is 10.1. The third-order valence-electron chi connectivity index (χ3n) is 5.33. The molecule has 0 radical (unpaired) electrons. The van der Waals surface area contributed by atoms with E-state index in [0.717, 1.165) is 41.2 Å². The fraction of sp³-hybridized carbons (Fsp3) is 0.364. The van der Waals surface area contributed by atoms with Gasteiger partial charge in [0.05, 0.1) is 34.5 Å². The molecule has 2 aromatic heterocycles. The first kappa shape index (κ1) is 20.3. The number of rotatable bonds is 4. The maximum atomic E-state index is 12.3. The number of amides is 2. The van der Waals surface area contributed by atoms with Gasteiger partial charge in [-0.3, -0.25) is 9.59 Å². The van der Waals surface area contributed by atoms with Crippen molar-refractivity contribution < 1.29 is 9.59 Å². The minimum Gasteiger partial charge on any atom is -0.347 e. The zero-order valence-corrected chi connectivity index (χ0v) is 18.2. The van der Waals surface area contributed by atoms with Crippen LogP contribution in [0, 0.1) is 20.8 Å². The van der Waals surface area contributed by atoms with E-state index >= 15 is 0 Å². The molecular weight excluding hydrogens is 398 g/mol. The van der Waals surface area contributed by atoms with E-state index in [2.05, 4.69) is 26.8 Å². The zero-order chi connectivity index (χ0) is 21.3. The Kier molecular flexibility index (Phi) is 5.67. The van der Waals surface area contributed by atoms with Crippen molar-refractivity contribution in [3.8, 4) is 5.69 Å². The minimum atomic E-state index is -0.694. The Labute approximate surface area is 179 Å². The van der Waals surface area contributed by atoms with Gasteiger partial charge < -0.3 is 10.6 Å². The van der Waals surface area contributed by atoms with Crippen LogP contribution in [0.25, 0.3) is 5.69 Å². The Morgan fingerprint density at radius 2 is 2.07 bits per heavy atom. The molecular formula is C22H25N5O2S. The lowest BCUT2D eigenvalue weighted by molar-refractivity contribution is -0.136. The summed E-state index contributed by atoms with van der Waals surface area (Å²) < 4.78 is 1.69. The fourth-order valence-corrected chi connectivity index (χ4v) is 4.96. The number of carbonyl (C=O) groups excluding carboxylic acids is 2. The van der Waals surface area contributed by atoms with Crippen molar-refractivity contribution in [3.63, 3.8) is 0 Å².